The summed E-state index contributed by atoms with van der Waals surface area (Å²) in [5.74, 6) is -0.241. The van der Waals surface area contributed by atoms with Crippen LogP contribution in [0.15, 0.2) is 65.7 Å². The van der Waals surface area contributed by atoms with Gasteiger partial charge in [-0.05, 0) is 29.5 Å². The number of carbonyl (C=O) groups is 2. The standard InChI is InChI=1S/C20H16N2O2S/c1-21-19(23)18(25-20(21)24)11-15-13-22(12-14-7-3-2-4-8-14)17-10-6-5-9-16(15)17/h2-11,13H,12H2,1H3. The molecule has 4 rings (SSSR count). The minimum atomic E-state index is -0.241. The van der Waals surface area contributed by atoms with Crippen LogP contribution in [-0.2, 0) is 11.3 Å². The molecule has 0 spiro atoms. The first-order valence-electron chi connectivity index (χ1n) is 7.97. The number of thioether (sulfide) groups is 1. The fourth-order valence-electron chi connectivity index (χ4n) is 2.99. The molecule has 1 aromatic heterocycles. The van der Waals surface area contributed by atoms with Gasteiger partial charge in [0.1, 0.15) is 0 Å². The highest BCUT2D eigenvalue weighted by Crippen LogP contribution is 2.33. The van der Waals surface area contributed by atoms with Gasteiger partial charge in [0.2, 0.25) is 0 Å². The van der Waals surface area contributed by atoms with Crippen molar-refractivity contribution < 1.29 is 9.59 Å². The number of aromatic nitrogens is 1. The van der Waals surface area contributed by atoms with Crippen LogP contribution in [0.4, 0.5) is 4.79 Å². The Balaban J connectivity index is 1.78. The van der Waals surface area contributed by atoms with Gasteiger partial charge in [-0.25, -0.2) is 0 Å². The normalized spacial score (nSPS) is 16.4. The topological polar surface area (TPSA) is 42.3 Å². The van der Waals surface area contributed by atoms with Gasteiger partial charge in [-0.1, -0.05) is 48.5 Å². The molecule has 1 saturated heterocycles. The van der Waals surface area contributed by atoms with E-state index in [1.165, 1.54) is 12.6 Å². The van der Waals surface area contributed by atoms with E-state index in [9.17, 15) is 9.59 Å². The third-order valence-corrected chi connectivity index (χ3v) is 5.25. The van der Waals surface area contributed by atoms with Crippen molar-refractivity contribution in [3.05, 3.63) is 76.8 Å². The van der Waals surface area contributed by atoms with Gasteiger partial charge in [0.05, 0.1) is 4.91 Å². The van der Waals surface area contributed by atoms with Gasteiger partial charge < -0.3 is 4.57 Å². The Hall–Kier alpha value is -2.79. The number of likely N-dealkylation sites (N-methyl/N-ethyl adjacent to an activating group) is 1. The maximum Gasteiger partial charge on any atom is 0.293 e. The van der Waals surface area contributed by atoms with Crippen molar-refractivity contribution in [3.8, 4) is 0 Å². The molecule has 3 aromatic rings. The first-order valence-corrected chi connectivity index (χ1v) is 8.78. The number of nitrogens with zero attached hydrogens (tertiary/aromatic N) is 2. The van der Waals surface area contributed by atoms with Crippen LogP contribution >= 0.6 is 11.8 Å². The Morgan fingerprint density at radius 3 is 2.44 bits per heavy atom. The maximum absolute atomic E-state index is 12.2. The average Bonchev–Trinajstić information content (AvgIpc) is 3.09. The zero-order valence-corrected chi connectivity index (χ0v) is 14.5. The van der Waals surface area contributed by atoms with Gasteiger partial charge in [0.25, 0.3) is 11.1 Å². The van der Waals surface area contributed by atoms with Crippen molar-refractivity contribution in [2.75, 3.05) is 7.05 Å². The van der Waals surface area contributed by atoms with Crippen LogP contribution in [0.3, 0.4) is 0 Å². The monoisotopic (exact) mass is 348 g/mol. The molecule has 2 aromatic carbocycles. The van der Waals surface area contributed by atoms with Gasteiger partial charge in [-0.3, -0.25) is 14.5 Å². The van der Waals surface area contributed by atoms with Crippen molar-refractivity contribution in [2.45, 2.75) is 6.54 Å². The van der Waals surface area contributed by atoms with Crippen molar-refractivity contribution in [3.63, 3.8) is 0 Å². The molecule has 1 aliphatic heterocycles. The van der Waals surface area contributed by atoms with Crippen LogP contribution < -0.4 is 0 Å². The van der Waals surface area contributed by atoms with Crippen LogP contribution in [0.1, 0.15) is 11.1 Å². The minimum absolute atomic E-state index is 0.232. The third kappa shape index (κ3) is 2.87. The summed E-state index contributed by atoms with van der Waals surface area (Å²) in [7, 11) is 1.51. The zero-order chi connectivity index (χ0) is 17.4. The van der Waals surface area contributed by atoms with Gasteiger partial charge >= 0.3 is 0 Å². The molecule has 124 valence electrons. The molecule has 0 atom stereocenters. The van der Waals surface area contributed by atoms with Crippen LogP contribution in [0.2, 0.25) is 0 Å². The number of carbonyl (C=O) groups excluding carboxylic acids is 2. The zero-order valence-electron chi connectivity index (χ0n) is 13.7. The molecule has 1 fully saturated rings. The van der Waals surface area contributed by atoms with E-state index in [1.54, 1.807) is 0 Å². The molecule has 0 N–H and O–H groups in total. The van der Waals surface area contributed by atoms with Crippen molar-refractivity contribution in [1.29, 1.82) is 0 Å². The molecule has 25 heavy (non-hydrogen) atoms. The highest BCUT2D eigenvalue weighted by atomic mass is 32.2. The number of hydrogen-bond donors (Lipinski definition) is 0. The van der Waals surface area contributed by atoms with Crippen molar-refractivity contribution in [2.24, 2.45) is 0 Å². The van der Waals surface area contributed by atoms with Crippen LogP contribution in [0.25, 0.3) is 17.0 Å². The fourth-order valence-corrected chi connectivity index (χ4v) is 3.81. The molecule has 0 saturated carbocycles. The first kappa shape index (κ1) is 15.7. The van der Waals surface area contributed by atoms with Gasteiger partial charge in [-0.2, -0.15) is 0 Å². The minimum Gasteiger partial charge on any atom is -0.342 e. The summed E-state index contributed by atoms with van der Waals surface area (Å²) in [4.78, 5) is 25.5. The predicted octanol–water partition coefficient (Wildman–Crippen LogP) is 4.36. The highest BCUT2D eigenvalue weighted by Gasteiger charge is 2.32. The number of imide groups is 1. The molecule has 5 heteroatoms. The fraction of sp³-hybridized carbons (Fsp3) is 0.100. The van der Waals surface area contributed by atoms with Crippen LogP contribution in [0.5, 0.6) is 0 Å². The summed E-state index contributed by atoms with van der Waals surface area (Å²) in [5, 5.41) is 0.839. The summed E-state index contributed by atoms with van der Waals surface area (Å²) in [5.41, 5.74) is 3.27. The largest absolute Gasteiger partial charge is 0.342 e. The predicted molar refractivity (Wildman–Crippen MR) is 101 cm³/mol. The lowest BCUT2D eigenvalue weighted by Crippen LogP contribution is -2.22. The SMILES string of the molecule is CN1C(=O)SC(=Cc2cn(Cc3ccccc3)c3ccccc23)C1=O. The highest BCUT2D eigenvalue weighted by molar-refractivity contribution is 8.18. The second kappa shape index (κ2) is 6.26. The molecule has 2 heterocycles. The van der Waals surface area contributed by atoms with E-state index in [1.807, 2.05) is 48.7 Å². The lowest BCUT2D eigenvalue weighted by Gasteiger charge is -2.05. The Kier molecular flexibility index (Phi) is 3.93. The molecule has 0 bridgehead atoms. The molecule has 2 amide bonds. The first-order chi connectivity index (χ1) is 12.1. The Morgan fingerprint density at radius 2 is 1.72 bits per heavy atom. The molecule has 0 aliphatic carbocycles. The van der Waals surface area contributed by atoms with E-state index in [2.05, 4.69) is 22.8 Å². The summed E-state index contributed by atoms with van der Waals surface area (Å²) in [6.07, 6.45) is 3.86. The van der Waals surface area contributed by atoms with Gasteiger partial charge in [0.15, 0.2) is 0 Å². The van der Waals surface area contributed by atoms with E-state index in [-0.39, 0.29) is 11.1 Å². The Morgan fingerprint density at radius 1 is 1.00 bits per heavy atom. The van der Waals surface area contributed by atoms with Crippen LogP contribution in [0, 0.1) is 0 Å². The van der Waals surface area contributed by atoms with Crippen LogP contribution in [-0.4, -0.2) is 27.7 Å². The van der Waals surface area contributed by atoms with Crippen molar-refractivity contribution in [1.82, 2.24) is 9.47 Å². The second-order valence-corrected chi connectivity index (χ2v) is 6.95. The molecular formula is C20H16N2O2S. The second-order valence-electron chi connectivity index (χ2n) is 5.96. The number of amides is 2. The number of fused-ring (bicyclic) bond motifs is 1. The van der Waals surface area contributed by atoms with Gasteiger partial charge in [0, 0.05) is 36.3 Å². The summed E-state index contributed by atoms with van der Waals surface area (Å²) >= 11 is 0.988. The van der Waals surface area contributed by atoms with E-state index in [0.29, 0.717) is 4.91 Å². The molecule has 0 radical (unpaired) electrons. The summed E-state index contributed by atoms with van der Waals surface area (Å²) < 4.78 is 2.17. The summed E-state index contributed by atoms with van der Waals surface area (Å²) in [6.45, 7) is 0.754. The molecular weight excluding hydrogens is 332 g/mol. The number of benzene rings is 2. The quantitative estimate of drug-likeness (QED) is 0.661. The summed E-state index contributed by atoms with van der Waals surface area (Å²) in [6, 6.07) is 18.3. The van der Waals surface area contributed by atoms with Crippen molar-refractivity contribution >= 4 is 39.9 Å². The Labute approximate surface area is 149 Å². The Bertz CT molecular complexity index is 1000. The third-order valence-electron chi connectivity index (χ3n) is 4.29. The van der Waals surface area contributed by atoms with E-state index >= 15 is 0 Å². The maximum atomic E-state index is 12.2. The number of para-hydroxylation sites is 1. The number of rotatable bonds is 3. The molecule has 4 nitrogen and oxygen atoms in total. The lowest BCUT2D eigenvalue weighted by atomic mass is 10.1. The van der Waals surface area contributed by atoms with E-state index in [4.69, 9.17) is 0 Å². The van der Waals surface area contributed by atoms with Gasteiger partial charge in [-0.15, -0.1) is 0 Å². The smallest absolute Gasteiger partial charge is 0.293 e. The lowest BCUT2D eigenvalue weighted by molar-refractivity contribution is -0.121. The molecule has 0 unspecified atom stereocenters. The molecule has 1 aliphatic rings. The number of hydrogen-bond acceptors (Lipinski definition) is 3. The van der Waals surface area contributed by atoms with E-state index < -0.39 is 0 Å². The average molecular weight is 348 g/mol. The van der Waals surface area contributed by atoms with E-state index in [0.717, 1.165) is 39.7 Å².